The molecule has 2 aromatic carbocycles. The lowest BCUT2D eigenvalue weighted by atomic mass is 10.1. The molecule has 0 fully saturated rings. The highest BCUT2D eigenvalue weighted by Crippen LogP contribution is 2.29. The van der Waals surface area contributed by atoms with E-state index in [1.807, 2.05) is 25.1 Å². The molecule has 1 aromatic heterocycles. The van der Waals surface area contributed by atoms with Crippen molar-refractivity contribution in [1.29, 1.82) is 0 Å². The molecule has 0 aliphatic carbocycles. The van der Waals surface area contributed by atoms with Crippen molar-refractivity contribution in [2.45, 2.75) is 26.8 Å². The molecule has 0 atom stereocenters. The van der Waals surface area contributed by atoms with Crippen LogP contribution >= 0.6 is 0 Å². The normalized spacial score (nSPS) is 11.6. The number of phenolic OH excluding ortho intramolecular Hbond substituents is 1. The highest BCUT2D eigenvalue weighted by Gasteiger charge is 2.09. The predicted octanol–water partition coefficient (Wildman–Crippen LogP) is 3.49. The number of aliphatic imine (C=N–C) groups is 1. The van der Waals surface area contributed by atoms with Gasteiger partial charge in [0.1, 0.15) is 0 Å². The van der Waals surface area contributed by atoms with Gasteiger partial charge in [0.2, 0.25) is 0 Å². The molecule has 3 rings (SSSR count). The molecular weight excluding hydrogens is 352 g/mol. The highest BCUT2D eigenvalue weighted by atomic mass is 16.5. The number of guanidine groups is 1. The van der Waals surface area contributed by atoms with Gasteiger partial charge < -0.3 is 25.5 Å². The van der Waals surface area contributed by atoms with Gasteiger partial charge in [-0.15, -0.1) is 0 Å². The molecule has 3 aromatic rings. The number of ether oxygens (including phenoxy) is 1. The first-order chi connectivity index (χ1) is 13.6. The Morgan fingerprint density at radius 2 is 1.96 bits per heavy atom. The van der Waals surface area contributed by atoms with E-state index in [1.54, 1.807) is 13.2 Å². The van der Waals surface area contributed by atoms with E-state index in [0.717, 1.165) is 31.0 Å². The second kappa shape index (κ2) is 9.17. The van der Waals surface area contributed by atoms with Gasteiger partial charge in [-0.1, -0.05) is 30.3 Å². The van der Waals surface area contributed by atoms with Crippen LogP contribution in [0.4, 0.5) is 0 Å². The van der Waals surface area contributed by atoms with Crippen molar-refractivity contribution in [3.8, 4) is 11.5 Å². The molecule has 0 saturated carbocycles. The number of para-hydroxylation sites is 2. The zero-order valence-corrected chi connectivity index (χ0v) is 16.7. The van der Waals surface area contributed by atoms with Gasteiger partial charge >= 0.3 is 0 Å². The lowest BCUT2D eigenvalue weighted by molar-refractivity contribution is 0.370. The zero-order valence-electron chi connectivity index (χ0n) is 16.7. The van der Waals surface area contributed by atoms with Gasteiger partial charge in [0.25, 0.3) is 0 Å². The largest absolute Gasteiger partial charge is 0.504 e. The fourth-order valence-electron chi connectivity index (χ4n) is 3.33. The molecule has 0 spiro atoms. The van der Waals surface area contributed by atoms with Gasteiger partial charge in [0.05, 0.1) is 13.7 Å². The summed E-state index contributed by atoms with van der Waals surface area (Å²) in [6.07, 6.45) is 0.894. The third kappa shape index (κ3) is 4.39. The summed E-state index contributed by atoms with van der Waals surface area (Å²) in [5.74, 6) is 1.32. The van der Waals surface area contributed by atoms with E-state index < -0.39 is 0 Å². The molecule has 4 N–H and O–H groups in total. The van der Waals surface area contributed by atoms with Crippen molar-refractivity contribution in [2.24, 2.45) is 4.99 Å². The number of aromatic hydroxyl groups is 1. The summed E-state index contributed by atoms with van der Waals surface area (Å²) in [6, 6.07) is 13.8. The van der Waals surface area contributed by atoms with Crippen molar-refractivity contribution in [1.82, 2.24) is 15.6 Å². The Labute approximate surface area is 165 Å². The number of hydrogen-bond donors (Lipinski definition) is 4. The third-order valence-corrected chi connectivity index (χ3v) is 4.75. The number of fused-ring (bicyclic) bond motifs is 1. The molecule has 0 aliphatic rings. The van der Waals surface area contributed by atoms with Crippen LogP contribution in [0.1, 0.15) is 23.7 Å². The molecule has 0 unspecified atom stereocenters. The second-order valence-electron chi connectivity index (χ2n) is 6.61. The number of aromatic amines is 1. The molecule has 6 heteroatoms. The van der Waals surface area contributed by atoms with Crippen LogP contribution in [0.2, 0.25) is 0 Å². The van der Waals surface area contributed by atoms with Crippen LogP contribution in [-0.2, 0) is 13.0 Å². The summed E-state index contributed by atoms with van der Waals surface area (Å²) in [5, 5.41) is 18.1. The lowest BCUT2D eigenvalue weighted by Crippen LogP contribution is -2.38. The number of hydrogen-bond acceptors (Lipinski definition) is 3. The van der Waals surface area contributed by atoms with E-state index >= 15 is 0 Å². The van der Waals surface area contributed by atoms with E-state index in [1.165, 1.54) is 22.2 Å². The van der Waals surface area contributed by atoms with Crippen molar-refractivity contribution in [3.63, 3.8) is 0 Å². The molecule has 0 radical (unpaired) electrons. The van der Waals surface area contributed by atoms with Crippen LogP contribution in [0.15, 0.2) is 47.5 Å². The monoisotopic (exact) mass is 380 g/mol. The molecule has 6 nitrogen and oxygen atoms in total. The Bertz CT molecular complexity index is 962. The van der Waals surface area contributed by atoms with Crippen LogP contribution in [0.3, 0.4) is 0 Å². The number of H-pyrrole nitrogens is 1. The average molecular weight is 380 g/mol. The first-order valence-corrected chi connectivity index (χ1v) is 9.57. The molecule has 0 saturated heterocycles. The van der Waals surface area contributed by atoms with E-state index in [0.29, 0.717) is 12.3 Å². The Balaban J connectivity index is 1.66. The molecule has 148 valence electrons. The van der Waals surface area contributed by atoms with Gasteiger partial charge in [0, 0.05) is 35.2 Å². The number of nitrogens with zero attached hydrogens (tertiary/aromatic N) is 1. The second-order valence-corrected chi connectivity index (χ2v) is 6.61. The number of phenols is 1. The molecule has 0 bridgehead atoms. The maximum atomic E-state index is 10.2. The zero-order chi connectivity index (χ0) is 19.9. The highest BCUT2D eigenvalue weighted by molar-refractivity contribution is 5.84. The quantitative estimate of drug-likeness (QED) is 0.374. The number of aromatic nitrogens is 1. The third-order valence-electron chi connectivity index (χ3n) is 4.75. The van der Waals surface area contributed by atoms with E-state index in [-0.39, 0.29) is 5.75 Å². The summed E-state index contributed by atoms with van der Waals surface area (Å²) in [4.78, 5) is 8.04. The first-order valence-electron chi connectivity index (χ1n) is 9.57. The van der Waals surface area contributed by atoms with Crippen LogP contribution in [0.25, 0.3) is 10.9 Å². The average Bonchev–Trinajstić information content (AvgIpc) is 3.02. The number of nitrogens with one attached hydrogen (secondary N) is 3. The minimum absolute atomic E-state index is 0.138. The lowest BCUT2D eigenvalue weighted by Gasteiger charge is -2.12. The van der Waals surface area contributed by atoms with Gasteiger partial charge in [-0.25, -0.2) is 4.99 Å². The summed E-state index contributed by atoms with van der Waals surface area (Å²) in [6.45, 7) is 6.04. The minimum Gasteiger partial charge on any atom is -0.504 e. The summed E-state index contributed by atoms with van der Waals surface area (Å²) < 4.78 is 5.16. The number of benzene rings is 2. The number of methoxy groups -OCH3 is 1. The summed E-state index contributed by atoms with van der Waals surface area (Å²) in [7, 11) is 1.54. The van der Waals surface area contributed by atoms with Gasteiger partial charge in [-0.3, -0.25) is 0 Å². The molecule has 1 heterocycles. The molecule has 0 aliphatic heterocycles. The van der Waals surface area contributed by atoms with Gasteiger partial charge in [-0.2, -0.15) is 0 Å². The van der Waals surface area contributed by atoms with Crippen LogP contribution in [0, 0.1) is 6.92 Å². The standard InChI is InChI=1S/C22H28N4O2/c1-4-23-22(25-14-16-8-7-11-20(28-3)21(16)27)24-13-12-17-15(2)26-19-10-6-5-9-18(17)19/h5-11,26-27H,4,12-14H2,1-3H3,(H2,23,24,25). The van der Waals surface area contributed by atoms with Crippen molar-refractivity contribution in [3.05, 3.63) is 59.3 Å². The van der Waals surface area contributed by atoms with Crippen LogP contribution < -0.4 is 15.4 Å². The van der Waals surface area contributed by atoms with E-state index in [2.05, 4.69) is 45.7 Å². The Hall–Kier alpha value is -3.15. The number of rotatable bonds is 7. The molecule has 0 amide bonds. The summed E-state index contributed by atoms with van der Waals surface area (Å²) >= 11 is 0. The molecule has 28 heavy (non-hydrogen) atoms. The maximum Gasteiger partial charge on any atom is 0.191 e. The van der Waals surface area contributed by atoms with Crippen LogP contribution in [0.5, 0.6) is 11.5 Å². The van der Waals surface area contributed by atoms with E-state index in [9.17, 15) is 5.11 Å². The minimum atomic E-state index is 0.138. The van der Waals surface area contributed by atoms with Crippen LogP contribution in [-0.4, -0.2) is 36.2 Å². The molecular formula is C22H28N4O2. The van der Waals surface area contributed by atoms with Crippen molar-refractivity contribution >= 4 is 16.9 Å². The smallest absolute Gasteiger partial charge is 0.191 e. The Kier molecular flexibility index (Phi) is 6.42. The van der Waals surface area contributed by atoms with E-state index in [4.69, 9.17) is 4.74 Å². The predicted molar refractivity (Wildman–Crippen MR) is 114 cm³/mol. The Morgan fingerprint density at radius 3 is 2.75 bits per heavy atom. The SMILES string of the molecule is CCNC(=NCc1cccc(OC)c1O)NCCc1c(C)[nH]c2ccccc12. The summed E-state index contributed by atoms with van der Waals surface area (Å²) in [5.41, 5.74) is 4.42. The fraction of sp³-hybridized carbons (Fsp3) is 0.318. The van der Waals surface area contributed by atoms with Crippen molar-refractivity contribution < 1.29 is 9.84 Å². The fourth-order valence-corrected chi connectivity index (χ4v) is 3.33. The van der Waals surface area contributed by atoms with Gasteiger partial charge in [0.15, 0.2) is 17.5 Å². The number of aryl methyl sites for hydroxylation is 1. The van der Waals surface area contributed by atoms with Gasteiger partial charge in [-0.05, 0) is 38.0 Å². The topological polar surface area (TPSA) is 81.7 Å². The maximum absolute atomic E-state index is 10.2. The first kappa shape index (κ1) is 19.6. The Morgan fingerprint density at radius 1 is 1.14 bits per heavy atom. The van der Waals surface area contributed by atoms with Crippen molar-refractivity contribution in [2.75, 3.05) is 20.2 Å².